The molecule has 2 rings (SSSR count). The third-order valence-corrected chi connectivity index (χ3v) is 7.25. The van der Waals surface area contributed by atoms with E-state index in [-0.39, 0.29) is 12.4 Å². The van der Waals surface area contributed by atoms with Crippen LogP contribution in [0.15, 0.2) is 29.2 Å². The number of carbonyl (C=O) groups is 1. The van der Waals surface area contributed by atoms with E-state index in [1.54, 1.807) is 0 Å². The number of benzene rings is 1. The summed E-state index contributed by atoms with van der Waals surface area (Å²) in [5.41, 5.74) is 0.135. The number of esters is 1. The number of halogens is 1. The standard InChI is InChI=1S/C20H29ClO3S/c1-15-8-10-16(11-9-15)25(23)18(21)20(12-6-5-7-13-20)14-17(22)24-19(2,3)4/h8-11,18H,5-7,12-14H2,1-4H3. The molecule has 0 aromatic heterocycles. The minimum absolute atomic E-state index is 0.232. The van der Waals surface area contributed by atoms with Crippen molar-refractivity contribution in [3.05, 3.63) is 29.8 Å². The Morgan fingerprint density at radius 1 is 1.20 bits per heavy atom. The highest BCUT2D eigenvalue weighted by Crippen LogP contribution is 2.47. The Morgan fingerprint density at radius 2 is 1.76 bits per heavy atom. The highest BCUT2D eigenvalue weighted by Gasteiger charge is 2.44. The second-order valence-electron chi connectivity index (χ2n) is 8.11. The molecule has 1 aromatic carbocycles. The summed E-state index contributed by atoms with van der Waals surface area (Å²) >= 11 is 6.75. The lowest BCUT2D eigenvalue weighted by Gasteiger charge is -2.40. The monoisotopic (exact) mass is 384 g/mol. The van der Waals surface area contributed by atoms with Crippen LogP contribution in [0.1, 0.15) is 64.9 Å². The van der Waals surface area contributed by atoms with Crippen molar-refractivity contribution in [2.24, 2.45) is 5.41 Å². The molecule has 140 valence electrons. The van der Waals surface area contributed by atoms with E-state index in [1.807, 2.05) is 52.0 Å². The fraction of sp³-hybridized carbons (Fsp3) is 0.650. The van der Waals surface area contributed by atoms with Crippen LogP contribution in [-0.2, 0) is 20.3 Å². The molecule has 0 saturated heterocycles. The average Bonchev–Trinajstić information content (AvgIpc) is 2.53. The van der Waals surface area contributed by atoms with Gasteiger partial charge in [0, 0.05) is 10.3 Å². The van der Waals surface area contributed by atoms with Crippen LogP contribution in [0.25, 0.3) is 0 Å². The summed E-state index contributed by atoms with van der Waals surface area (Å²) in [6.45, 7) is 7.58. The van der Waals surface area contributed by atoms with E-state index < -0.39 is 26.5 Å². The molecule has 0 radical (unpaired) electrons. The first-order valence-corrected chi connectivity index (χ1v) is 10.6. The molecule has 3 nitrogen and oxygen atoms in total. The lowest BCUT2D eigenvalue weighted by atomic mass is 9.73. The number of aryl methyl sites for hydroxylation is 1. The van der Waals surface area contributed by atoms with E-state index in [1.165, 1.54) is 0 Å². The Bertz CT molecular complexity index is 613. The molecule has 1 fully saturated rings. The molecule has 0 aliphatic heterocycles. The van der Waals surface area contributed by atoms with Crippen LogP contribution in [0.5, 0.6) is 0 Å². The molecule has 0 spiro atoms. The number of rotatable bonds is 5. The Kier molecular flexibility index (Phi) is 6.72. The first kappa shape index (κ1) is 20.4. The molecule has 0 N–H and O–H groups in total. The van der Waals surface area contributed by atoms with Gasteiger partial charge in [-0.15, -0.1) is 11.6 Å². The molecule has 1 aliphatic rings. The molecule has 2 atom stereocenters. The van der Waals surface area contributed by atoms with Gasteiger partial charge in [0.2, 0.25) is 0 Å². The topological polar surface area (TPSA) is 43.4 Å². The molecule has 1 saturated carbocycles. The van der Waals surface area contributed by atoms with Gasteiger partial charge in [-0.2, -0.15) is 0 Å². The smallest absolute Gasteiger partial charge is 0.306 e. The molecule has 1 aliphatic carbocycles. The fourth-order valence-electron chi connectivity index (χ4n) is 3.42. The Labute approximate surface area is 158 Å². The van der Waals surface area contributed by atoms with Gasteiger partial charge in [0.25, 0.3) is 0 Å². The third kappa shape index (κ3) is 5.55. The minimum Gasteiger partial charge on any atom is -0.460 e. The van der Waals surface area contributed by atoms with E-state index in [9.17, 15) is 9.00 Å². The van der Waals surface area contributed by atoms with Gasteiger partial charge >= 0.3 is 5.97 Å². The summed E-state index contributed by atoms with van der Waals surface area (Å²) in [6, 6.07) is 7.62. The molecular weight excluding hydrogens is 356 g/mol. The summed E-state index contributed by atoms with van der Waals surface area (Å²) < 4.78 is 18.0. The Morgan fingerprint density at radius 3 is 2.28 bits per heavy atom. The normalized spacial score (nSPS) is 19.9. The van der Waals surface area contributed by atoms with Crippen molar-refractivity contribution in [3.8, 4) is 0 Å². The van der Waals surface area contributed by atoms with Crippen LogP contribution >= 0.6 is 11.6 Å². The number of ether oxygens (including phenoxy) is 1. The van der Waals surface area contributed by atoms with Crippen molar-refractivity contribution < 1.29 is 13.7 Å². The summed E-state index contributed by atoms with van der Waals surface area (Å²) in [5.74, 6) is -0.249. The summed E-state index contributed by atoms with van der Waals surface area (Å²) in [7, 11) is -1.36. The van der Waals surface area contributed by atoms with Gasteiger partial charge in [0.05, 0.1) is 17.2 Å². The minimum atomic E-state index is -1.36. The van der Waals surface area contributed by atoms with Crippen LogP contribution in [0, 0.1) is 12.3 Å². The molecule has 0 amide bonds. The van der Waals surface area contributed by atoms with Crippen molar-refractivity contribution in [3.63, 3.8) is 0 Å². The van der Waals surface area contributed by atoms with Crippen molar-refractivity contribution in [2.75, 3.05) is 0 Å². The van der Waals surface area contributed by atoms with Crippen molar-refractivity contribution in [2.45, 2.75) is 81.4 Å². The van der Waals surface area contributed by atoms with Gasteiger partial charge in [-0.05, 0) is 52.7 Å². The largest absolute Gasteiger partial charge is 0.460 e. The van der Waals surface area contributed by atoms with Crippen molar-refractivity contribution in [1.29, 1.82) is 0 Å². The highest BCUT2D eigenvalue weighted by atomic mass is 35.5. The van der Waals surface area contributed by atoms with Crippen LogP contribution in [0.2, 0.25) is 0 Å². The first-order chi connectivity index (χ1) is 11.6. The van der Waals surface area contributed by atoms with E-state index in [4.69, 9.17) is 16.3 Å². The summed E-state index contributed by atoms with van der Waals surface area (Å²) in [6.07, 6.45) is 5.02. The second kappa shape index (κ2) is 8.22. The Balaban J connectivity index is 2.21. The quantitative estimate of drug-likeness (QED) is 0.507. The number of alkyl halides is 1. The summed E-state index contributed by atoms with van der Waals surface area (Å²) in [5, 5.41) is 0. The Hall–Kier alpha value is -0.870. The number of carbonyl (C=O) groups excluding carboxylic acids is 1. The molecule has 0 bridgehead atoms. The first-order valence-electron chi connectivity index (χ1n) is 8.96. The summed E-state index contributed by atoms with van der Waals surface area (Å²) in [4.78, 5) is 13.2. The van der Waals surface area contributed by atoms with E-state index in [2.05, 4.69) is 0 Å². The highest BCUT2D eigenvalue weighted by molar-refractivity contribution is 7.87. The van der Waals surface area contributed by atoms with Crippen molar-refractivity contribution >= 4 is 28.4 Å². The van der Waals surface area contributed by atoms with E-state index in [0.29, 0.717) is 0 Å². The maximum atomic E-state index is 13.1. The predicted octanol–water partition coefficient (Wildman–Crippen LogP) is 5.35. The molecule has 25 heavy (non-hydrogen) atoms. The third-order valence-electron chi connectivity index (χ3n) is 4.69. The predicted molar refractivity (Wildman–Crippen MR) is 103 cm³/mol. The molecule has 0 heterocycles. The van der Waals surface area contributed by atoms with E-state index >= 15 is 0 Å². The zero-order chi connectivity index (χ0) is 18.7. The van der Waals surface area contributed by atoms with Crippen LogP contribution in [0.4, 0.5) is 0 Å². The van der Waals surface area contributed by atoms with Gasteiger partial charge < -0.3 is 4.74 Å². The maximum Gasteiger partial charge on any atom is 0.306 e. The molecule has 1 aromatic rings. The molecule has 2 unspecified atom stereocenters. The van der Waals surface area contributed by atoms with Crippen LogP contribution in [0.3, 0.4) is 0 Å². The van der Waals surface area contributed by atoms with Gasteiger partial charge in [-0.3, -0.25) is 9.00 Å². The maximum absolute atomic E-state index is 13.1. The van der Waals surface area contributed by atoms with Crippen molar-refractivity contribution in [1.82, 2.24) is 0 Å². The van der Waals surface area contributed by atoms with Gasteiger partial charge in [0.1, 0.15) is 10.3 Å². The second-order valence-corrected chi connectivity index (χ2v) is 10.3. The fourth-order valence-corrected chi connectivity index (χ4v) is 5.44. The molecule has 5 heteroatoms. The molecular formula is C20H29ClO3S. The average molecular weight is 385 g/mol. The van der Waals surface area contributed by atoms with Crippen LogP contribution in [-0.4, -0.2) is 20.5 Å². The van der Waals surface area contributed by atoms with E-state index in [0.717, 1.165) is 42.6 Å². The zero-order valence-corrected chi connectivity index (χ0v) is 17.2. The van der Waals surface area contributed by atoms with Gasteiger partial charge in [-0.1, -0.05) is 37.0 Å². The van der Waals surface area contributed by atoms with Gasteiger partial charge in [-0.25, -0.2) is 0 Å². The van der Waals surface area contributed by atoms with Gasteiger partial charge in [0.15, 0.2) is 0 Å². The zero-order valence-electron chi connectivity index (χ0n) is 15.6. The lowest BCUT2D eigenvalue weighted by Crippen LogP contribution is -2.40. The number of hydrogen-bond acceptors (Lipinski definition) is 3. The number of hydrogen-bond donors (Lipinski definition) is 0. The van der Waals surface area contributed by atoms with Crippen LogP contribution < -0.4 is 0 Å². The lowest BCUT2D eigenvalue weighted by molar-refractivity contribution is -0.158. The SMILES string of the molecule is Cc1ccc(S(=O)C(Cl)C2(CC(=O)OC(C)(C)C)CCCCC2)cc1.